The highest BCUT2D eigenvalue weighted by atomic mass is 19.4. The van der Waals surface area contributed by atoms with Gasteiger partial charge in [0.05, 0.1) is 17.5 Å². The number of aliphatic hydroxyl groups excluding tert-OH is 1. The number of piperazine rings is 1. The number of aromatic amines is 1. The molecule has 5 rings (SSSR count). The largest absolute Gasteiger partial charge is 0.451 e. The lowest BCUT2D eigenvalue weighted by molar-refractivity contribution is -0.137. The van der Waals surface area contributed by atoms with Crippen LogP contribution in [0, 0.1) is 0 Å². The molecule has 34 heavy (non-hydrogen) atoms. The van der Waals surface area contributed by atoms with Crippen molar-refractivity contribution in [2.45, 2.75) is 38.6 Å². The molecule has 1 saturated heterocycles. The lowest BCUT2D eigenvalue weighted by atomic mass is 10.0. The number of rotatable bonds is 4. The van der Waals surface area contributed by atoms with E-state index in [0.29, 0.717) is 31.2 Å². The molecule has 8 nitrogen and oxygen atoms in total. The number of nitrogens with one attached hydrogen (secondary N) is 2. The summed E-state index contributed by atoms with van der Waals surface area (Å²) >= 11 is 0. The Labute approximate surface area is 194 Å². The van der Waals surface area contributed by atoms with Crippen molar-refractivity contribution < 1.29 is 23.0 Å². The molecule has 180 valence electrons. The van der Waals surface area contributed by atoms with Crippen LogP contribution in [0.25, 0.3) is 11.3 Å². The number of aliphatic hydroxyl groups is 1. The van der Waals surface area contributed by atoms with Gasteiger partial charge in [0.2, 0.25) is 0 Å². The fourth-order valence-corrected chi connectivity index (χ4v) is 4.51. The maximum Gasteiger partial charge on any atom is 0.417 e. The van der Waals surface area contributed by atoms with Crippen LogP contribution in [-0.4, -0.2) is 57.3 Å². The highest BCUT2D eigenvalue weighted by Crippen LogP contribution is 2.32. The fraction of sp³-hybridized carbons (Fsp3) is 0.391. The predicted octanol–water partition coefficient (Wildman–Crippen LogP) is 2.96. The number of hydrogen-bond donors (Lipinski definition) is 3. The second kappa shape index (κ2) is 8.90. The molecular formula is C23H25F3N6O2. The number of ether oxygens (including phenoxy) is 1. The zero-order chi connectivity index (χ0) is 23.9. The first-order valence-electron chi connectivity index (χ1n) is 11.0. The van der Waals surface area contributed by atoms with Gasteiger partial charge in [-0.1, -0.05) is 0 Å². The van der Waals surface area contributed by atoms with Crippen molar-refractivity contribution in [2.75, 3.05) is 24.5 Å². The number of anilines is 1. The van der Waals surface area contributed by atoms with Crippen LogP contribution in [0.3, 0.4) is 0 Å². The number of aromatic nitrogens is 3. The monoisotopic (exact) mass is 474 g/mol. The average Bonchev–Trinajstić information content (AvgIpc) is 3.26. The molecule has 1 fully saturated rings. The van der Waals surface area contributed by atoms with Gasteiger partial charge in [0.15, 0.2) is 0 Å². The van der Waals surface area contributed by atoms with Gasteiger partial charge in [0.25, 0.3) is 6.41 Å². The van der Waals surface area contributed by atoms with Crippen LogP contribution in [0.2, 0.25) is 0 Å². The van der Waals surface area contributed by atoms with Gasteiger partial charge in [0.1, 0.15) is 11.6 Å². The molecule has 0 radical (unpaired) electrons. The maximum absolute atomic E-state index is 12.8. The second-order valence-corrected chi connectivity index (χ2v) is 8.62. The molecule has 11 heteroatoms. The molecule has 1 aromatic carbocycles. The number of hydrogen-bond acceptors (Lipinski definition) is 7. The van der Waals surface area contributed by atoms with E-state index in [1.807, 2.05) is 36.2 Å². The normalized spacial score (nSPS) is 21.3. The van der Waals surface area contributed by atoms with Gasteiger partial charge in [0, 0.05) is 61.7 Å². The maximum atomic E-state index is 12.8. The van der Waals surface area contributed by atoms with Crippen molar-refractivity contribution in [3.05, 3.63) is 59.4 Å². The first kappa shape index (κ1) is 22.6. The quantitative estimate of drug-likeness (QED) is 0.536. The Morgan fingerprint density at radius 2 is 2.03 bits per heavy atom. The van der Waals surface area contributed by atoms with E-state index in [1.165, 1.54) is 6.07 Å². The third kappa shape index (κ3) is 4.59. The summed E-state index contributed by atoms with van der Waals surface area (Å²) in [5.74, 6) is 1.21. The van der Waals surface area contributed by atoms with Crippen LogP contribution in [0.15, 0.2) is 42.7 Å². The Morgan fingerprint density at radius 3 is 2.76 bits per heavy atom. The average molecular weight is 474 g/mol. The number of fused-ring (bicyclic) bond motifs is 1. The molecule has 2 aromatic heterocycles. The van der Waals surface area contributed by atoms with Gasteiger partial charge in [-0.25, -0.2) is 4.98 Å². The third-order valence-electron chi connectivity index (χ3n) is 6.25. The van der Waals surface area contributed by atoms with Gasteiger partial charge in [-0.05, 0) is 37.3 Å². The molecule has 0 bridgehead atoms. The minimum atomic E-state index is -4.39. The molecule has 0 spiro atoms. The standard InChI is InChI=1S/C23H25F3N6O2/c1-14-12-31(6-7-32(14)20-5-3-18(11-27-20)23(24,25)26)13-17-10-29-30-21(17)15-2-4-19-16(8-15)9-28-22(33)34-19/h2-5,8,10-11,14,22,28,33H,6-7,9,12-13H2,1H3,(H,29,30)/t14-,22?/m1/s1. The van der Waals surface area contributed by atoms with Crippen molar-refractivity contribution in [1.29, 1.82) is 0 Å². The van der Waals surface area contributed by atoms with Crippen molar-refractivity contribution in [2.24, 2.45) is 0 Å². The van der Waals surface area contributed by atoms with E-state index < -0.39 is 18.2 Å². The molecule has 4 heterocycles. The molecule has 2 aliphatic rings. The minimum Gasteiger partial charge on any atom is -0.451 e. The molecule has 0 saturated carbocycles. The summed E-state index contributed by atoms with van der Waals surface area (Å²) in [6.07, 6.45) is -2.67. The number of H-pyrrole nitrogens is 1. The molecule has 0 aliphatic carbocycles. The smallest absolute Gasteiger partial charge is 0.417 e. The van der Waals surface area contributed by atoms with Crippen molar-refractivity contribution >= 4 is 5.82 Å². The number of halogens is 3. The van der Waals surface area contributed by atoms with Crippen LogP contribution in [0.1, 0.15) is 23.6 Å². The van der Waals surface area contributed by atoms with E-state index >= 15 is 0 Å². The van der Waals surface area contributed by atoms with Gasteiger partial charge in [-0.15, -0.1) is 0 Å². The first-order valence-corrected chi connectivity index (χ1v) is 11.0. The highest BCUT2D eigenvalue weighted by Gasteiger charge is 2.32. The minimum absolute atomic E-state index is 0.0896. The molecule has 3 N–H and O–H groups in total. The SMILES string of the molecule is C[C@@H]1CN(Cc2cn[nH]c2-c2ccc3c(c2)CNC(O)O3)CCN1c1ccc(C(F)(F)F)cn1. The first-order chi connectivity index (χ1) is 16.3. The zero-order valence-corrected chi connectivity index (χ0v) is 18.5. The second-order valence-electron chi connectivity index (χ2n) is 8.62. The van der Waals surface area contributed by atoms with E-state index in [4.69, 9.17) is 4.74 Å². The molecular weight excluding hydrogens is 449 g/mol. The van der Waals surface area contributed by atoms with Gasteiger partial charge < -0.3 is 14.7 Å². The van der Waals surface area contributed by atoms with Crippen LogP contribution in [-0.2, 0) is 19.3 Å². The van der Waals surface area contributed by atoms with E-state index in [2.05, 4.69) is 25.4 Å². The van der Waals surface area contributed by atoms with Crippen LogP contribution in [0.4, 0.5) is 19.0 Å². The summed E-state index contributed by atoms with van der Waals surface area (Å²) in [4.78, 5) is 8.40. The van der Waals surface area contributed by atoms with E-state index in [9.17, 15) is 18.3 Å². The summed E-state index contributed by atoms with van der Waals surface area (Å²) in [5, 5.41) is 19.8. The Bertz CT molecular complexity index is 1150. The van der Waals surface area contributed by atoms with Crippen molar-refractivity contribution in [3.63, 3.8) is 0 Å². The third-order valence-corrected chi connectivity index (χ3v) is 6.25. The molecule has 1 unspecified atom stereocenters. The van der Waals surface area contributed by atoms with E-state index in [1.54, 1.807) is 0 Å². The topological polar surface area (TPSA) is 89.5 Å². The highest BCUT2D eigenvalue weighted by molar-refractivity contribution is 5.65. The Morgan fingerprint density at radius 1 is 1.18 bits per heavy atom. The Kier molecular flexibility index (Phi) is 5.92. The Balaban J connectivity index is 1.26. The van der Waals surface area contributed by atoms with Gasteiger partial charge in [-0.3, -0.25) is 15.3 Å². The van der Waals surface area contributed by atoms with E-state index in [0.717, 1.165) is 47.7 Å². The summed E-state index contributed by atoms with van der Waals surface area (Å²) < 4.78 is 43.9. The number of pyridine rings is 1. The number of nitrogens with zero attached hydrogens (tertiary/aromatic N) is 4. The van der Waals surface area contributed by atoms with Crippen molar-refractivity contribution in [1.82, 2.24) is 25.4 Å². The number of benzene rings is 1. The molecule has 2 atom stereocenters. The van der Waals surface area contributed by atoms with Gasteiger partial charge in [-0.2, -0.15) is 18.3 Å². The summed E-state index contributed by atoms with van der Waals surface area (Å²) in [5.41, 5.74) is 3.17. The lowest BCUT2D eigenvalue weighted by Gasteiger charge is -2.40. The summed E-state index contributed by atoms with van der Waals surface area (Å²) in [7, 11) is 0. The fourth-order valence-electron chi connectivity index (χ4n) is 4.51. The summed E-state index contributed by atoms with van der Waals surface area (Å²) in [6, 6.07) is 8.41. The Hall–Kier alpha value is -3.15. The van der Waals surface area contributed by atoms with Crippen LogP contribution < -0.4 is 15.0 Å². The van der Waals surface area contributed by atoms with Crippen LogP contribution >= 0.6 is 0 Å². The number of alkyl halides is 3. The summed E-state index contributed by atoms with van der Waals surface area (Å²) in [6.45, 7) is 5.40. The van der Waals surface area contributed by atoms with E-state index in [-0.39, 0.29) is 6.04 Å². The zero-order valence-electron chi connectivity index (χ0n) is 18.5. The van der Waals surface area contributed by atoms with Gasteiger partial charge >= 0.3 is 6.18 Å². The predicted molar refractivity (Wildman–Crippen MR) is 119 cm³/mol. The lowest BCUT2D eigenvalue weighted by Crippen LogP contribution is -2.51. The van der Waals surface area contributed by atoms with Crippen molar-refractivity contribution in [3.8, 4) is 17.0 Å². The van der Waals surface area contributed by atoms with Crippen LogP contribution in [0.5, 0.6) is 5.75 Å². The molecule has 3 aromatic rings. The molecule has 0 amide bonds. The molecule has 2 aliphatic heterocycles.